The highest BCUT2D eigenvalue weighted by Gasteiger charge is 2.34. The minimum Gasteiger partial charge on any atom is -0.477 e. The summed E-state index contributed by atoms with van der Waals surface area (Å²) in [4.78, 5) is 47.0. The maximum Gasteiger partial charge on any atom is 0.417 e. The maximum atomic E-state index is 12.8. The van der Waals surface area contributed by atoms with Crippen LogP contribution in [-0.4, -0.2) is 43.7 Å². The van der Waals surface area contributed by atoms with Crippen molar-refractivity contribution >= 4 is 96.4 Å². The molecule has 0 atom stereocenters. The Labute approximate surface area is 405 Å². The van der Waals surface area contributed by atoms with Gasteiger partial charge in [-0.25, -0.2) is 19.7 Å². The lowest BCUT2D eigenvalue weighted by molar-refractivity contribution is -0.138. The van der Waals surface area contributed by atoms with Gasteiger partial charge in [0.2, 0.25) is 0 Å². The van der Waals surface area contributed by atoms with Crippen molar-refractivity contribution in [3.8, 4) is 0 Å². The second-order valence-corrected chi connectivity index (χ2v) is 16.5. The number of hydrogen-bond acceptors (Lipinski definition) is 11. The summed E-state index contributed by atoms with van der Waals surface area (Å²) in [6.07, 6.45) is -7.65. The van der Waals surface area contributed by atoms with Crippen molar-refractivity contribution in [1.29, 1.82) is 0 Å². The number of carboxylic acid groups (broad SMARTS) is 1. The van der Waals surface area contributed by atoms with Crippen LogP contribution < -0.4 is 22.1 Å². The summed E-state index contributed by atoms with van der Waals surface area (Å²) in [7, 11) is 0. The van der Waals surface area contributed by atoms with Gasteiger partial charge in [-0.2, -0.15) is 39.5 Å². The Kier molecular flexibility index (Phi) is 24.1. The normalized spacial score (nSPS) is 10.8. The molecule has 25 heteroatoms. The first-order valence-electron chi connectivity index (χ1n) is 18.5. The van der Waals surface area contributed by atoms with Crippen LogP contribution in [0.5, 0.6) is 0 Å². The molecule has 11 nitrogen and oxygen atoms in total. The number of carbonyl (C=O) groups excluding carboxylic acids is 2. The van der Waals surface area contributed by atoms with Gasteiger partial charge in [-0.05, 0) is 86.1 Å². The van der Waals surface area contributed by atoms with Gasteiger partial charge in [0.15, 0.2) is 0 Å². The number of benzene rings is 3. The highest BCUT2D eigenvalue weighted by atomic mass is 79.9. The first-order chi connectivity index (χ1) is 30.8. The molecule has 0 spiro atoms. The van der Waals surface area contributed by atoms with Crippen molar-refractivity contribution in [2.45, 2.75) is 73.0 Å². The summed E-state index contributed by atoms with van der Waals surface area (Å²) < 4.78 is 113. The fraction of sp³-hybridized carbons (Fsp3) is 0.286. The van der Waals surface area contributed by atoms with Gasteiger partial charge in [-0.3, -0.25) is 9.59 Å². The van der Waals surface area contributed by atoms with E-state index in [-0.39, 0.29) is 47.2 Å². The first-order valence-corrected chi connectivity index (χ1v) is 22.9. The number of aromatic nitrogens is 3. The molecule has 366 valence electrons. The first kappa shape index (κ1) is 59.9. The fourth-order valence-electron chi connectivity index (χ4n) is 4.82. The zero-order valence-corrected chi connectivity index (χ0v) is 39.9. The number of anilines is 3. The number of hydrogen-bond donors (Lipinski definition) is 5. The molecule has 0 aliphatic heterocycles. The Morgan fingerprint density at radius 2 is 1.01 bits per heavy atom. The Balaban J connectivity index is 0.000000457. The van der Waals surface area contributed by atoms with E-state index in [2.05, 4.69) is 41.5 Å². The van der Waals surface area contributed by atoms with Crippen molar-refractivity contribution in [2.24, 2.45) is 5.73 Å². The van der Waals surface area contributed by atoms with Gasteiger partial charge in [0.1, 0.15) is 19.6 Å². The summed E-state index contributed by atoms with van der Waals surface area (Å²) in [6, 6.07) is 10.6. The fourth-order valence-corrected chi connectivity index (χ4v) is 7.18. The molecule has 0 aliphatic carbocycles. The van der Waals surface area contributed by atoms with Crippen molar-refractivity contribution in [3.63, 3.8) is 0 Å². The lowest BCUT2D eigenvalue weighted by Crippen LogP contribution is -2.13. The number of nitrogens with two attached hydrogens (primary N) is 2. The van der Waals surface area contributed by atoms with Gasteiger partial charge >= 0.3 is 24.5 Å². The van der Waals surface area contributed by atoms with Gasteiger partial charge in [0.05, 0.1) is 50.3 Å². The average Bonchev–Trinajstić information content (AvgIpc) is 4.05. The number of amides is 2. The number of nitrogen functional groups attached to an aromatic ring is 1. The second-order valence-electron chi connectivity index (χ2n) is 12.8. The molecule has 6 rings (SSSR count). The van der Waals surface area contributed by atoms with Crippen molar-refractivity contribution in [1.82, 2.24) is 15.0 Å². The minimum absolute atomic E-state index is 0. The monoisotopic (exact) mass is 1090 g/mol. The third-order valence-electron chi connectivity index (χ3n) is 8.00. The molecule has 3 aromatic carbocycles. The SMILES string of the molecule is C.CBr.CCc1ncc(C(=O)Nc2ccc(C)c(C(F)(F)F)c2)s1.CCc1ncc(C(=O)O)s1.Cc1ccc(NC(=O)c2cnc(CN)s2)cc1C(F)(F)F.Nc1ccc(Cl)c(C(F)(F)F)c1. The molecule has 7 N–H and O–H groups in total. The molecule has 0 saturated heterocycles. The van der Waals surface area contributed by atoms with E-state index in [1.54, 1.807) is 0 Å². The van der Waals surface area contributed by atoms with Crippen LogP contribution in [0.2, 0.25) is 5.02 Å². The van der Waals surface area contributed by atoms with Gasteiger partial charge in [0, 0.05) is 23.6 Å². The highest BCUT2D eigenvalue weighted by Crippen LogP contribution is 2.36. The number of aromatic carboxylic acids is 1. The number of thiazole rings is 3. The van der Waals surface area contributed by atoms with Gasteiger partial charge < -0.3 is 27.2 Å². The molecule has 0 aliphatic rings. The van der Waals surface area contributed by atoms with E-state index in [1.165, 1.54) is 85.4 Å². The van der Waals surface area contributed by atoms with Crippen LogP contribution >= 0.6 is 61.5 Å². The smallest absolute Gasteiger partial charge is 0.417 e. The summed E-state index contributed by atoms with van der Waals surface area (Å²) >= 11 is 11.8. The second kappa shape index (κ2) is 27.0. The Morgan fingerprint density at radius 1 is 0.642 bits per heavy atom. The van der Waals surface area contributed by atoms with Gasteiger partial charge in [0.25, 0.3) is 11.8 Å². The number of nitrogens with one attached hydrogen (secondary N) is 2. The molecule has 6 aromatic rings. The zero-order valence-electron chi connectivity index (χ0n) is 35.1. The Morgan fingerprint density at radius 3 is 1.33 bits per heavy atom. The van der Waals surface area contributed by atoms with E-state index >= 15 is 0 Å². The van der Waals surface area contributed by atoms with Crippen LogP contribution in [0.3, 0.4) is 0 Å². The summed E-state index contributed by atoms with van der Waals surface area (Å²) in [5.74, 6) is -0.0435. The molecule has 0 fully saturated rings. The summed E-state index contributed by atoms with van der Waals surface area (Å²) in [5.41, 5.74) is 8.60. The molecule has 67 heavy (non-hydrogen) atoms. The summed E-state index contributed by atoms with van der Waals surface area (Å²) in [5, 5.41) is 15.3. The maximum absolute atomic E-state index is 12.8. The van der Waals surface area contributed by atoms with Crippen LogP contribution in [0.15, 0.2) is 73.2 Å². The molecule has 0 unspecified atom stereocenters. The predicted octanol–water partition coefficient (Wildman–Crippen LogP) is 13.5. The van der Waals surface area contributed by atoms with Crippen LogP contribution in [0.1, 0.15) is 93.1 Å². The van der Waals surface area contributed by atoms with E-state index in [4.69, 9.17) is 28.2 Å². The molecule has 0 radical (unpaired) electrons. The molecule has 3 aromatic heterocycles. The summed E-state index contributed by atoms with van der Waals surface area (Å²) in [6.45, 7) is 6.82. The Bertz CT molecular complexity index is 2430. The van der Waals surface area contributed by atoms with Crippen molar-refractivity contribution in [3.05, 3.63) is 136 Å². The molecule has 2 amide bonds. The lowest BCUT2D eigenvalue weighted by atomic mass is 10.1. The Hall–Kier alpha value is -5.14. The van der Waals surface area contributed by atoms with Crippen LogP contribution in [-0.2, 0) is 37.9 Å². The number of carbonyl (C=O) groups is 3. The number of rotatable bonds is 8. The number of carboxylic acids is 1. The number of aryl methyl sites for hydroxylation is 4. The van der Waals surface area contributed by atoms with Crippen LogP contribution in [0.4, 0.5) is 56.6 Å². The molecule has 3 heterocycles. The average molecular weight is 1090 g/mol. The number of alkyl halides is 10. The number of nitrogens with zero attached hydrogens (tertiary/aromatic N) is 3. The van der Waals surface area contributed by atoms with E-state index in [1.807, 2.05) is 19.7 Å². The lowest BCUT2D eigenvalue weighted by Gasteiger charge is -2.12. The zero-order chi connectivity index (χ0) is 50.2. The third-order valence-corrected chi connectivity index (χ3v) is 11.6. The predicted molar refractivity (Wildman–Crippen MR) is 251 cm³/mol. The van der Waals surface area contributed by atoms with Crippen molar-refractivity contribution in [2.75, 3.05) is 22.2 Å². The van der Waals surface area contributed by atoms with Gasteiger partial charge in [-0.15, -0.1) is 34.0 Å². The molecule has 0 saturated carbocycles. The van der Waals surface area contributed by atoms with Crippen LogP contribution in [0, 0.1) is 13.8 Å². The van der Waals surface area contributed by atoms with Gasteiger partial charge in [-0.1, -0.05) is 60.9 Å². The van der Waals surface area contributed by atoms with Crippen LogP contribution in [0.25, 0.3) is 0 Å². The highest BCUT2D eigenvalue weighted by molar-refractivity contribution is 9.08. The molecule has 0 bridgehead atoms. The topological polar surface area (TPSA) is 186 Å². The van der Waals surface area contributed by atoms with E-state index in [0.717, 1.165) is 52.0 Å². The third kappa shape index (κ3) is 19.2. The van der Waals surface area contributed by atoms with E-state index < -0.39 is 53.0 Å². The minimum atomic E-state index is -4.46. The number of halogens is 11. The quantitative estimate of drug-likeness (QED) is 0.0562. The van der Waals surface area contributed by atoms with E-state index in [0.29, 0.717) is 26.1 Å². The van der Waals surface area contributed by atoms with Crippen molar-refractivity contribution < 1.29 is 59.0 Å². The molecular formula is C42H44BrClF9N7O4S3. The largest absolute Gasteiger partial charge is 0.477 e. The standard InChI is InChI=1S/C14H13F3N2OS.C13H12F3N3OS.C7H5ClF3N.C6H7NO2S.CH3Br.CH4/c1-3-12-18-7-11(21-12)13(20)19-9-5-4-8(2)10(6-9)14(15,16)17;1-7-2-3-8(4-9(7)13(14,15)16)19-12(20)10-6-18-11(5-17)21-10;8-6-2-1-4(12)3-5(6)7(9,10)11;1-2-5-7-3-4(10-5)6(8)9;1-2;/h4-7H,3H2,1-2H3,(H,19,20);2-4,6H,5,17H2,1H3,(H,19,20);1-3H,12H2;3H,2H2,1H3,(H,8,9);1H3;1H4. The molecular weight excluding hydrogens is 1050 g/mol. The van der Waals surface area contributed by atoms with E-state index in [9.17, 15) is 53.9 Å².